The Hall–Kier alpha value is -2.46. The molecule has 0 unspecified atom stereocenters. The van der Waals surface area contributed by atoms with Gasteiger partial charge in [0.25, 0.3) is 0 Å². The van der Waals surface area contributed by atoms with Crippen LogP contribution in [-0.4, -0.2) is 22.5 Å². The van der Waals surface area contributed by atoms with Gasteiger partial charge in [-0.1, -0.05) is 0 Å². The Balaban J connectivity index is 0.000000423. The lowest BCUT2D eigenvalue weighted by molar-refractivity contribution is -0.109. The summed E-state index contributed by atoms with van der Waals surface area (Å²) in [6, 6.07) is 3.03. The second-order valence-corrected chi connectivity index (χ2v) is 2.12. The minimum atomic E-state index is -1.11. The van der Waals surface area contributed by atoms with E-state index in [1.54, 1.807) is 11.5 Å². The van der Waals surface area contributed by atoms with E-state index in [1.165, 1.54) is 18.5 Å². The highest BCUT2D eigenvalue weighted by atomic mass is 16.4. The molecule has 4 N–H and O–H groups in total. The van der Waals surface area contributed by atoms with Crippen molar-refractivity contribution < 1.29 is 14.7 Å². The van der Waals surface area contributed by atoms with Crippen LogP contribution in [0.3, 0.4) is 0 Å². The summed E-state index contributed by atoms with van der Waals surface area (Å²) in [5.41, 5.74) is 1.82. The molecule has 0 aliphatic heterocycles. The van der Waals surface area contributed by atoms with Gasteiger partial charge in [0.1, 0.15) is 6.07 Å². The molecular weight excluding hydrogens is 200 g/mol. The SMILES string of the molecule is N#Cc1cnccc1C(=O)O.NNC=O. The molecule has 0 fully saturated rings. The van der Waals surface area contributed by atoms with Gasteiger partial charge < -0.3 is 5.11 Å². The highest BCUT2D eigenvalue weighted by Crippen LogP contribution is 2.03. The number of nitriles is 1. The van der Waals surface area contributed by atoms with Crippen molar-refractivity contribution in [1.29, 1.82) is 5.26 Å². The summed E-state index contributed by atoms with van der Waals surface area (Å²) < 4.78 is 0. The molecule has 0 radical (unpaired) electrons. The molecule has 0 saturated heterocycles. The van der Waals surface area contributed by atoms with Crippen molar-refractivity contribution >= 4 is 12.4 Å². The Labute approximate surface area is 85.1 Å². The average molecular weight is 208 g/mol. The molecule has 0 aliphatic carbocycles. The fraction of sp³-hybridized carbons (Fsp3) is 0. The molecule has 0 aromatic carbocycles. The number of nitrogens with two attached hydrogens (primary N) is 1. The van der Waals surface area contributed by atoms with Crippen LogP contribution in [-0.2, 0) is 4.79 Å². The smallest absolute Gasteiger partial charge is 0.337 e. The topological polar surface area (TPSA) is 129 Å². The first-order valence-corrected chi connectivity index (χ1v) is 3.64. The summed E-state index contributed by atoms with van der Waals surface area (Å²) in [6.45, 7) is 0. The van der Waals surface area contributed by atoms with Crippen molar-refractivity contribution in [3.05, 3.63) is 29.6 Å². The van der Waals surface area contributed by atoms with Crippen molar-refractivity contribution in [3.8, 4) is 6.07 Å². The molecule has 1 rings (SSSR count). The van der Waals surface area contributed by atoms with Crippen molar-refractivity contribution in [2.24, 2.45) is 5.84 Å². The fourth-order valence-corrected chi connectivity index (χ4v) is 0.670. The van der Waals surface area contributed by atoms with Crippen LogP contribution in [0.4, 0.5) is 0 Å². The molecule has 15 heavy (non-hydrogen) atoms. The fourth-order valence-electron chi connectivity index (χ4n) is 0.670. The standard InChI is InChI=1S/C7H4N2O2.CH4N2O/c8-3-5-4-9-2-1-6(5)7(10)11;2-3-1-4/h1-2,4H,(H,10,11);1H,2H2,(H,3,4). The second kappa shape index (κ2) is 6.99. The normalized spacial score (nSPS) is 7.73. The first-order valence-electron chi connectivity index (χ1n) is 3.64. The lowest BCUT2D eigenvalue weighted by Gasteiger charge is -1.93. The Morgan fingerprint density at radius 1 is 1.73 bits per heavy atom. The summed E-state index contributed by atoms with van der Waals surface area (Å²) >= 11 is 0. The molecule has 0 atom stereocenters. The van der Waals surface area contributed by atoms with Gasteiger partial charge in [-0.3, -0.25) is 15.2 Å². The molecule has 0 bridgehead atoms. The third kappa shape index (κ3) is 4.35. The Bertz CT molecular complexity index is 386. The number of nitrogens with zero attached hydrogens (tertiary/aromatic N) is 2. The van der Waals surface area contributed by atoms with Crippen molar-refractivity contribution in [2.45, 2.75) is 0 Å². The number of aromatic nitrogens is 1. The molecule has 78 valence electrons. The number of hydrogen-bond acceptors (Lipinski definition) is 5. The summed E-state index contributed by atoms with van der Waals surface area (Å²) in [5.74, 6) is 3.30. The monoisotopic (exact) mass is 208 g/mol. The van der Waals surface area contributed by atoms with Gasteiger partial charge in [-0.15, -0.1) is 0 Å². The molecule has 0 spiro atoms. The molecule has 0 aliphatic rings. The number of aromatic carboxylic acids is 1. The largest absolute Gasteiger partial charge is 0.478 e. The Morgan fingerprint density at radius 2 is 2.33 bits per heavy atom. The highest BCUT2D eigenvalue weighted by molar-refractivity contribution is 5.90. The first-order chi connectivity index (χ1) is 7.17. The molecule has 7 nitrogen and oxygen atoms in total. The number of carboxylic acid groups (broad SMARTS) is 1. The van der Waals surface area contributed by atoms with Gasteiger partial charge >= 0.3 is 5.97 Å². The number of carboxylic acids is 1. The van der Waals surface area contributed by atoms with Crippen LogP contribution in [0.1, 0.15) is 15.9 Å². The number of pyridine rings is 1. The minimum Gasteiger partial charge on any atom is -0.478 e. The molecular formula is C8H8N4O3. The number of nitrogens with one attached hydrogen (secondary N) is 1. The van der Waals surface area contributed by atoms with Crippen LogP contribution in [0.5, 0.6) is 0 Å². The Morgan fingerprint density at radius 3 is 2.67 bits per heavy atom. The summed E-state index contributed by atoms with van der Waals surface area (Å²) in [5, 5.41) is 16.9. The Kier molecular flexibility index (Phi) is 5.85. The van der Waals surface area contributed by atoms with Crippen LogP contribution >= 0.6 is 0 Å². The molecule has 1 aromatic heterocycles. The maximum atomic E-state index is 10.4. The minimum absolute atomic E-state index is 0.0116. The summed E-state index contributed by atoms with van der Waals surface area (Å²) in [6.07, 6.45) is 2.97. The number of rotatable bonds is 2. The summed E-state index contributed by atoms with van der Waals surface area (Å²) in [7, 11) is 0. The lowest BCUT2D eigenvalue weighted by atomic mass is 10.2. The zero-order valence-corrected chi connectivity index (χ0v) is 7.54. The highest BCUT2D eigenvalue weighted by Gasteiger charge is 2.07. The maximum Gasteiger partial charge on any atom is 0.337 e. The average Bonchev–Trinajstić information content (AvgIpc) is 2.29. The van der Waals surface area contributed by atoms with E-state index in [0.29, 0.717) is 6.41 Å². The third-order valence-corrected chi connectivity index (χ3v) is 1.24. The van der Waals surface area contributed by atoms with Gasteiger partial charge in [0, 0.05) is 12.4 Å². The number of hydrogen-bond donors (Lipinski definition) is 3. The van der Waals surface area contributed by atoms with E-state index < -0.39 is 5.97 Å². The van der Waals surface area contributed by atoms with Crippen LogP contribution < -0.4 is 11.3 Å². The molecule has 0 saturated carbocycles. The van der Waals surface area contributed by atoms with E-state index in [-0.39, 0.29) is 11.1 Å². The van der Waals surface area contributed by atoms with E-state index in [0.717, 1.165) is 0 Å². The van der Waals surface area contributed by atoms with Gasteiger partial charge in [0.05, 0.1) is 11.1 Å². The van der Waals surface area contributed by atoms with E-state index >= 15 is 0 Å². The van der Waals surface area contributed by atoms with E-state index in [1.807, 2.05) is 0 Å². The van der Waals surface area contributed by atoms with Gasteiger partial charge in [-0.2, -0.15) is 5.26 Å². The number of amides is 1. The number of carbonyl (C=O) groups is 2. The van der Waals surface area contributed by atoms with Gasteiger partial charge in [0.2, 0.25) is 6.41 Å². The molecule has 1 amide bonds. The van der Waals surface area contributed by atoms with Crippen LogP contribution in [0.15, 0.2) is 18.5 Å². The van der Waals surface area contributed by atoms with Crippen molar-refractivity contribution in [1.82, 2.24) is 10.4 Å². The number of carbonyl (C=O) groups excluding carboxylic acids is 1. The van der Waals surface area contributed by atoms with Crippen LogP contribution in [0, 0.1) is 11.3 Å². The second-order valence-electron chi connectivity index (χ2n) is 2.12. The molecule has 1 aromatic rings. The predicted molar refractivity (Wildman–Crippen MR) is 49.3 cm³/mol. The van der Waals surface area contributed by atoms with E-state index in [2.05, 4.69) is 10.8 Å². The molecule has 7 heteroatoms. The number of hydrazine groups is 1. The van der Waals surface area contributed by atoms with Crippen LogP contribution in [0.25, 0.3) is 0 Å². The van der Waals surface area contributed by atoms with Gasteiger partial charge in [-0.05, 0) is 6.07 Å². The quantitative estimate of drug-likeness (QED) is 0.254. The maximum absolute atomic E-state index is 10.4. The summed E-state index contributed by atoms with van der Waals surface area (Å²) in [4.78, 5) is 23.0. The zero-order valence-electron chi connectivity index (χ0n) is 7.54. The van der Waals surface area contributed by atoms with Gasteiger partial charge in [-0.25, -0.2) is 10.6 Å². The van der Waals surface area contributed by atoms with E-state index in [9.17, 15) is 4.79 Å². The third-order valence-electron chi connectivity index (χ3n) is 1.24. The van der Waals surface area contributed by atoms with Gasteiger partial charge in [0.15, 0.2) is 0 Å². The lowest BCUT2D eigenvalue weighted by Crippen LogP contribution is -2.18. The predicted octanol–water partition coefficient (Wildman–Crippen LogP) is -0.742. The zero-order chi connectivity index (χ0) is 11.7. The van der Waals surface area contributed by atoms with Crippen molar-refractivity contribution in [2.75, 3.05) is 0 Å². The van der Waals surface area contributed by atoms with Crippen molar-refractivity contribution in [3.63, 3.8) is 0 Å². The molecule has 1 heterocycles. The van der Waals surface area contributed by atoms with E-state index in [4.69, 9.17) is 15.2 Å². The van der Waals surface area contributed by atoms with Crippen LogP contribution in [0.2, 0.25) is 0 Å². The first kappa shape index (κ1) is 12.5.